The van der Waals surface area contributed by atoms with Crippen LogP contribution in [-0.4, -0.2) is 39.7 Å². The second kappa shape index (κ2) is 9.58. The van der Waals surface area contributed by atoms with Crippen molar-refractivity contribution in [2.75, 3.05) is 27.8 Å². The molecule has 0 radical (unpaired) electrons. The lowest BCUT2D eigenvalue weighted by atomic mass is 10.1. The topological polar surface area (TPSA) is 69.1 Å². The van der Waals surface area contributed by atoms with Gasteiger partial charge in [0, 0.05) is 12.1 Å². The average molecular weight is 357 g/mol. The molecule has 2 aromatic rings. The van der Waals surface area contributed by atoms with Crippen LogP contribution in [0, 0.1) is 0 Å². The first-order valence-corrected chi connectivity index (χ1v) is 8.40. The summed E-state index contributed by atoms with van der Waals surface area (Å²) in [5, 5.41) is 2.90. The van der Waals surface area contributed by atoms with Crippen molar-refractivity contribution < 1.29 is 24.0 Å². The van der Waals surface area contributed by atoms with Gasteiger partial charge in [-0.2, -0.15) is 0 Å². The summed E-state index contributed by atoms with van der Waals surface area (Å²) in [6, 6.07) is 14.8. The van der Waals surface area contributed by atoms with Gasteiger partial charge in [-0.05, 0) is 42.0 Å². The minimum atomic E-state index is -0.371. The number of benzene rings is 2. The van der Waals surface area contributed by atoms with E-state index in [0.717, 1.165) is 28.3 Å². The van der Waals surface area contributed by atoms with Crippen molar-refractivity contribution in [3.05, 3.63) is 65.2 Å². The van der Waals surface area contributed by atoms with E-state index in [1.807, 2.05) is 31.3 Å². The third kappa shape index (κ3) is 5.89. The van der Waals surface area contributed by atoms with E-state index in [2.05, 4.69) is 10.1 Å². The Kier molecular flexibility index (Phi) is 7.17. The number of carbonyl (C=O) groups excluding carboxylic acids is 2. The molecule has 0 bridgehead atoms. The molecule has 6 heteroatoms. The second-order valence-electron chi connectivity index (χ2n) is 6.12. The van der Waals surface area contributed by atoms with Gasteiger partial charge in [0.15, 0.2) is 6.54 Å². The summed E-state index contributed by atoms with van der Waals surface area (Å²) in [7, 11) is 4.97. The Bertz CT molecular complexity index is 726. The molecule has 2 rings (SSSR count). The van der Waals surface area contributed by atoms with Crippen LogP contribution in [0.25, 0.3) is 0 Å². The Morgan fingerprint density at radius 3 is 2.15 bits per heavy atom. The number of quaternary nitrogens is 1. The minimum Gasteiger partial charge on any atom is -0.497 e. The summed E-state index contributed by atoms with van der Waals surface area (Å²) in [4.78, 5) is 24.6. The van der Waals surface area contributed by atoms with Crippen LogP contribution in [-0.2, 0) is 22.6 Å². The van der Waals surface area contributed by atoms with E-state index >= 15 is 0 Å². The number of rotatable bonds is 8. The Morgan fingerprint density at radius 1 is 0.962 bits per heavy atom. The molecule has 1 amide bonds. The molecule has 0 saturated carbocycles. The van der Waals surface area contributed by atoms with Gasteiger partial charge in [-0.25, -0.2) is 4.79 Å². The highest BCUT2D eigenvalue weighted by molar-refractivity contribution is 5.89. The molecule has 0 aliphatic carbocycles. The number of nitrogens with one attached hydrogen (secondary N) is 2. The van der Waals surface area contributed by atoms with Crippen molar-refractivity contribution in [2.45, 2.75) is 13.1 Å². The van der Waals surface area contributed by atoms with Gasteiger partial charge < -0.3 is 19.7 Å². The molecule has 0 fully saturated rings. The van der Waals surface area contributed by atoms with E-state index in [4.69, 9.17) is 4.74 Å². The number of hydrogen-bond acceptors (Lipinski definition) is 4. The van der Waals surface area contributed by atoms with E-state index in [1.165, 1.54) is 7.11 Å². The molecule has 1 unspecified atom stereocenters. The lowest BCUT2D eigenvalue weighted by Crippen LogP contribution is -3.08. The van der Waals surface area contributed by atoms with Gasteiger partial charge in [0.25, 0.3) is 5.91 Å². The van der Waals surface area contributed by atoms with Crippen LogP contribution < -0.4 is 15.0 Å². The van der Waals surface area contributed by atoms with E-state index in [9.17, 15) is 9.59 Å². The number of likely N-dealkylation sites (N-methyl/N-ethyl adjacent to an activating group) is 1. The van der Waals surface area contributed by atoms with Gasteiger partial charge in [0.2, 0.25) is 0 Å². The third-order valence-corrected chi connectivity index (χ3v) is 3.99. The number of amides is 1. The smallest absolute Gasteiger partial charge is 0.337 e. The normalized spacial score (nSPS) is 11.5. The molecular weight excluding hydrogens is 332 g/mol. The fourth-order valence-corrected chi connectivity index (χ4v) is 2.57. The summed E-state index contributed by atoms with van der Waals surface area (Å²) >= 11 is 0. The van der Waals surface area contributed by atoms with Gasteiger partial charge in [-0.1, -0.05) is 12.1 Å². The van der Waals surface area contributed by atoms with Gasteiger partial charge in [-0.15, -0.1) is 0 Å². The lowest BCUT2D eigenvalue weighted by Gasteiger charge is -2.14. The van der Waals surface area contributed by atoms with E-state index in [-0.39, 0.29) is 11.9 Å². The largest absolute Gasteiger partial charge is 0.497 e. The molecule has 0 aromatic heterocycles. The van der Waals surface area contributed by atoms with Gasteiger partial charge in [-0.3, -0.25) is 4.79 Å². The second-order valence-corrected chi connectivity index (χ2v) is 6.12. The Hall–Kier alpha value is -2.86. The standard InChI is InChI=1S/C20H24N2O4/c1-22(13-16-6-10-18(25-2)11-7-16)14-19(23)21-12-15-4-8-17(9-5-15)20(24)26-3/h4-11H,12-14H2,1-3H3,(H,21,23)/p+1. The van der Waals surface area contributed by atoms with Gasteiger partial charge in [0.05, 0.1) is 26.8 Å². The number of methoxy groups -OCH3 is 2. The maximum atomic E-state index is 12.1. The predicted octanol–water partition coefficient (Wildman–Crippen LogP) is 0.813. The third-order valence-electron chi connectivity index (χ3n) is 3.99. The zero-order chi connectivity index (χ0) is 18.9. The Balaban J connectivity index is 1.77. The highest BCUT2D eigenvalue weighted by atomic mass is 16.5. The summed E-state index contributed by atoms with van der Waals surface area (Å²) in [5.41, 5.74) is 2.57. The van der Waals surface area contributed by atoms with Crippen molar-refractivity contribution >= 4 is 11.9 Å². The van der Waals surface area contributed by atoms with Crippen molar-refractivity contribution in [3.63, 3.8) is 0 Å². The van der Waals surface area contributed by atoms with Crippen molar-refractivity contribution in [1.29, 1.82) is 0 Å². The van der Waals surface area contributed by atoms with E-state index < -0.39 is 0 Å². The predicted molar refractivity (Wildman–Crippen MR) is 98.1 cm³/mol. The fourth-order valence-electron chi connectivity index (χ4n) is 2.57. The highest BCUT2D eigenvalue weighted by Crippen LogP contribution is 2.10. The zero-order valence-corrected chi connectivity index (χ0v) is 15.4. The van der Waals surface area contributed by atoms with Crippen LogP contribution in [0.5, 0.6) is 5.75 Å². The zero-order valence-electron chi connectivity index (χ0n) is 15.4. The number of hydrogen-bond donors (Lipinski definition) is 2. The van der Waals surface area contributed by atoms with Crippen molar-refractivity contribution in [3.8, 4) is 5.75 Å². The van der Waals surface area contributed by atoms with Crippen LogP contribution >= 0.6 is 0 Å². The maximum absolute atomic E-state index is 12.1. The summed E-state index contributed by atoms with van der Waals surface area (Å²) in [6.07, 6.45) is 0. The first-order valence-electron chi connectivity index (χ1n) is 8.40. The van der Waals surface area contributed by atoms with Crippen LogP contribution in [0.3, 0.4) is 0 Å². The molecule has 1 atom stereocenters. The van der Waals surface area contributed by atoms with Crippen molar-refractivity contribution in [1.82, 2.24) is 5.32 Å². The van der Waals surface area contributed by atoms with E-state index in [1.54, 1.807) is 31.4 Å². The van der Waals surface area contributed by atoms with Crippen LogP contribution in [0.15, 0.2) is 48.5 Å². The molecular formula is C20H25N2O4+. The van der Waals surface area contributed by atoms with Crippen LogP contribution in [0.4, 0.5) is 0 Å². The average Bonchev–Trinajstić information content (AvgIpc) is 2.66. The first kappa shape index (κ1) is 19.5. The molecule has 2 aromatic carbocycles. The molecule has 0 saturated heterocycles. The fraction of sp³-hybridized carbons (Fsp3) is 0.300. The maximum Gasteiger partial charge on any atom is 0.337 e. The molecule has 0 heterocycles. The lowest BCUT2D eigenvalue weighted by molar-refractivity contribution is -0.885. The molecule has 0 spiro atoms. The first-order chi connectivity index (χ1) is 12.5. The summed E-state index contributed by atoms with van der Waals surface area (Å²) in [6.45, 7) is 1.56. The molecule has 2 N–H and O–H groups in total. The molecule has 26 heavy (non-hydrogen) atoms. The molecule has 138 valence electrons. The monoisotopic (exact) mass is 357 g/mol. The van der Waals surface area contributed by atoms with Crippen molar-refractivity contribution in [2.24, 2.45) is 0 Å². The van der Waals surface area contributed by atoms with Crippen LogP contribution in [0.2, 0.25) is 0 Å². The SMILES string of the molecule is COC(=O)c1ccc(CNC(=O)C[NH+](C)Cc2ccc(OC)cc2)cc1. The molecule has 0 aliphatic rings. The van der Waals surface area contributed by atoms with Gasteiger partial charge in [0.1, 0.15) is 12.3 Å². The Morgan fingerprint density at radius 2 is 1.58 bits per heavy atom. The van der Waals surface area contributed by atoms with E-state index in [0.29, 0.717) is 18.7 Å². The quantitative estimate of drug-likeness (QED) is 0.686. The van der Waals surface area contributed by atoms with Gasteiger partial charge >= 0.3 is 5.97 Å². The molecule has 6 nitrogen and oxygen atoms in total. The Labute approximate surface area is 153 Å². The number of carbonyl (C=O) groups is 2. The highest BCUT2D eigenvalue weighted by Gasteiger charge is 2.11. The molecule has 0 aliphatic heterocycles. The number of esters is 1. The minimum absolute atomic E-state index is 0.0203. The number of ether oxygens (including phenoxy) is 2. The summed E-state index contributed by atoms with van der Waals surface area (Å²) in [5.74, 6) is 0.430. The summed E-state index contributed by atoms with van der Waals surface area (Å²) < 4.78 is 9.80. The van der Waals surface area contributed by atoms with Crippen LogP contribution in [0.1, 0.15) is 21.5 Å².